The second-order valence-corrected chi connectivity index (χ2v) is 2.64. The molecule has 0 saturated carbocycles. The molecular weight excluding hydrogens is 198 g/mol. The van der Waals surface area contributed by atoms with E-state index in [1.165, 1.54) is 6.92 Å². The summed E-state index contributed by atoms with van der Waals surface area (Å²) in [5, 5.41) is 11.6. The van der Waals surface area contributed by atoms with E-state index in [0.29, 0.717) is 0 Å². The van der Waals surface area contributed by atoms with Crippen LogP contribution in [-0.2, 0) is 4.79 Å². The zero-order valence-corrected chi connectivity index (χ0v) is 8.00. The van der Waals surface area contributed by atoms with Crippen molar-refractivity contribution in [3.63, 3.8) is 0 Å². The largest absolute Gasteiger partial charge is 0.492 e. The van der Waals surface area contributed by atoms with Gasteiger partial charge in [0.05, 0.1) is 12.9 Å². The summed E-state index contributed by atoms with van der Waals surface area (Å²) in [4.78, 5) is 27.3. The van der Waals surface area contributed by atoms with E-state index in [1.807, 2.05) is 0 Å². The smallest absolute Gasteiger partial charge is 0.270 e. The number of rotatable bonds is 1. The van der Waals surface area contributed by atoms with Crippen LogP contribution in [0.3, 0.4) is 0 Å². The molecule has 1 amide bonds. The highest BCUT2D eigenvalue weighted by Gasteiger charge is 2.02. The number of H-pyrrole nitrogens is 1. The summed E-state index contributed by atoms with van der Waals surface area (Å²) < 4.78 is 0. The number of nitrogens with zero attached hydrogens (tertiary/aromatic N) is 1. The molecule has 0 bridgehead atoms. The van der Waals surface area contributed by atoms with Crippen molar-refractivity contribution < 1.29 is 9.90 Å². The van der Waals surface area contributed by atoms with Gasteiger partial charge in [-0.05, 0) is 0 Å². The fourth-order valence-corrected chi connectivity index (χ4v) is 0.804. The van der Waals surface area contributed by atoms with E-state index < -0.39 is 11.4 Å². The van der Waals surface area contributed by atoms with E-state index in [-0.39, 0.29) is 18.0 Å². The van der Waals surface area contributed by atoms with E-state index in [2.05, 4.69) is 27.1 Å². The topological polar surface area (TPSA) is 95.1 Å². The van der Waals surface area contributed by atoms with Crippen LogP contribution in [0.25, 0.3) is 0 Å². The quantitative estimate of drug-likeness (QED) is 0.513. The minimum absolute atomic E-state index is 0.108. The Morgan fingerprint density at radius 1 is 1.73 bits per heavy atom. The molecule has 78 valence electrons. The van der Waals surface area contributed by atoms with Crippen LogP contribution in [0, 0.1) is 11.8 Å². The molecule has 1 rings (SSSR count). The van der Waals surface area contributed by atoms with Gasteiger partial charge in [0.15, 0.2) is 5.56 Å². The molecule has 1 heterocycles. The summed E-state index contributed by atoms with van der Waals surface area (Å²) >= 11 is 0. The second kappa shape index (κ2) is 4.81. The highest BCUT2D eigenvalue weighted by atomic mass is 16.3. The van der Waals surface area contributed by atoms with Crippen LogP contribution >= 0.6 is 0 Å². The Labute approximate surface area is 85.4 Å². The van der Waals surface area contributed by atoms with Crippen LogP contribution in [0.4, 0.5) is 0 Å². The zero-order chi connectivity index (χ0) is 11.3. The number of amides is 1. The Hall–Kier alpha value is -2.29. The van der Waals surface area contributed by atoms with E-state index in [9.17, 15) is 14.7 Å². The number of hydrogen-bond donors (Lipinski definition) is 3. The molecular formula is C9H9N3O3. The molecule has 6 heteroatoms. The minimum Gasteiger partial charge on any atom is -0.492 e. The van der Waals surface area contributed by atoms with Gasteiger partial charge in [-0.15, -0.1) is 0 Å². The maximum absolute atomic E-state index is 11.1. The molecule has 0 saturated heterocycles. The van der Waals surface area contributed by atoms with Crippen LogP contribution in [0.5, 0.6) is 5.88 Å². The van der Waals surface area contributed by atoms with Crippen molar-refractivity contribution in [1.82, 2.24) is 15.3 Å². The SMILES string of the molecule is CC(=O)NCC#Cc1c(O)nc[nH]c1=O. The molecule has 0 aromatic carbocycles. The van der Waals surface area contributed by atoms with E-state index in [0.717, 1.165) is 6.33 Å². The maximum atomic E-state index is 11.1. The molecule has 3 N–H and O–H groups in total. The minimum atomic E-state index is -0.516. The van der Waals surface area contributed by atoms with Gasteiger partial charge in [-0.25, -0.2) is 4.98 Å². The third kappa shape index (κ3) is 3.15. The first kappa shape index (κ1) is 10.8. The molecule has 0 aliphatic rings. The first-order valence-electron chi connectivity index (χ1n) is 4.11. The monoisotopic (exact) mass is 207 g/mol. The lowest BCUT2D eigenvalue weighted by Crippen LogP contribution is -2.19. The van der Waals surface area contributed by atoms with Gasteiger partial charge in [-0.2, -0.15) is 0 Å². The van der Waals surface area contributed by atoms with Gasteiger partial charge in [0.2, 0.25) is 11.8 Å². The first-order valence-corrected chi connectivity index (χ1v) is 4.11. The predicted octanol–water partition coefficient (Wildman–Crippen LogP) is -1.04. The lowest BCUT2D eigenvalue weighted by Gasteiger charge is -1.93. The van der Waals surface area contributed by atoms with Crippen LogP contribution in [0.1, 0.15) is 12.5 Å². The van der Waals surface area contributed by atoms with Crippen molar-refractivity contribution in [1.29, 1.82) is 0 Å². The average Bonchev–Trinajstić information content (AvgIpc) is 2.15. The van der Waals surface area contributed by atoms with E-state index in [1.54, 1.807) is 0 Å². The summed E-state index contributed by atoms with van der Waals surface area (Å²) in [7, 11) is 0. The molecule has 1 aromatic heterocycles. The number of carbonyl (C=O) groups is 1. The second-order valence-electron chi connectivity index (χ2n) is 2.64. The van der Waals surface area contributed by atoms with E-state index in [4.69, 9.17) is 0 Å². The predicted molar refractivity (Wildman–Crippen MR) is 52.1 cm³/mol. The summed E-state index contributed by atoms with van der Waals surface area (Å²) in [6, 6.07) is 0. The molecule has 15 heavy (non-hydrogen) atoms. The summed E-state index contributed by atoms with van der Waals surface area (Å²) in [6.45, 7) is 1.47. The fourth-order valence-electron chi connectivity index (χ4n) is 0.804. The molecule has 6 nitrogen and oxygen atoms in total. The Morgan fingerprint density at radius 2 is 2.47 bits per heavy atom. The lowest BCUT2D eigenvalue weighted by molar-refractivity contribution is -0.118. The molecule has 0 spiro atoms. The lowest BCUT2D eigenvalue weighted by atomic mass is 10.3. The van der Waals surface area contributed by atoms with Gasteiger partial charge in [0.1, 0.15) is 0 Å². The highest BCUT2D eigenvalue weighted by molar-refractivity contribution is 5.73. The Balaban J connectivity index is 2.80. The Morgan fingerprint density at radius 3 is 3.07 bits per heavy atom. The molecule has 0 unspecified atom stereocenters. The van der Waals surface area contributed by atoms with Gasteiger partial charge < -0.3 is 15.4 Å². The van der Waals surface area contributed by atoms with Crippen LogP contribution in [0.2, 0.25) is 0 Å². The average molecular weight is 207 g/mol. The van der Waals surface area contributed by atoms with Crippen molar-refractivity contribution >= 4 is 5.91 Å². The van der Waals surface area contributed by atoms with Gasteiger partial charge in [-0.3, -0.25) is 9.59 Å². The summed E-state index contributed by atoms with van der Waals surface area (Å²) in [5.74, 6) is 4.29. The Kier molecular flexibility index (Phi) is 3.46. The van der Waals surface area contributed by atoms with Crippen LogP contribution < -0.4 is 10.9 Å². The van der Waals surface area contributed by atoms with Crippen molar-refractivity contribution in [2.45, 2.75) is 6.92 Å². The number of aromatic hydroxyl groups is 1. The van der Waals surface area contributed by atoms with Gasteiger partial charge in [0.25, 0.3) is 5.56 Å². The standard InChI is InChI=1S/C9H9N3O3/c1-6(13)10-4-2-3-7-8(14)11-5-12-9(7)15/h5H,4H2,1H3,(H,10,13)(H2,11,12,14,15). The summed E-state index contributed by atoms with van der Waals surface area (Å²) in [5.41, 5.74) is -0.624. The number of aromatic nitrogens is 2. The van der Waals surface area contributed by atoms with Gasteiger partial charge >= 0.3 is 0 Å². The maximum Gasteiger partial charge on any atom is 0.270 e. The van der Waals surface area contributed by atoms with Crippen molar-refractivity contribution in [3.05, 3.63) is 22.2 Å². The fraction of sp³-hybridized carbons (Fsp3) is 0.222. The molecule has 0 aliphatic carbocycles. The zero-order valence-electron chi connectivity index (χ0n) is 8.00. The van der Waals surface area contributed by atoms with Crippen LogP contribution in [-0.4, -0.2) is 27.5 Å². The highest BCUT2D eigenvalue weighted by Crippen LogP contribution is 2.02. The molecule has 0 aliphatic heterocycles. The molecule has 0 radical (unpaired) electrons. The van der Waals surface area contributed by atoms with Gasteiger partial charge in [-0.1, -0.05) is 11.8 Å². The van der Waals surface area contributed by atoms with Crippen molar-refractivity contribution in [2.75, 3.05) is 6.54 Å². The van der Waals surface area contributed by atoms with Gasteiger partial charge in [0, 0.05) is 6.92 Å². The third-order valence-corrected chi connectivity index (χ3v) is 1.47. The number of carbonyl (C=O) groups excluding carboxylic acids is 1. The van der Waals surface area contributed by atoms with Crippen molar-refractivity contribution in [2.24, 2.45) is 0 Å². The number of hydrogen-bond acceptors (Lipinski definition) is 4. The molecule has 1 aromatic rings. The van der Waals surface area contributed by atoms with Crippen LogP contribution in [0.15, 0.2) is 11.1 Å². The molecule has 0 fully saturated rings. The molecule has 0 atom stereocenters. The van der Waals surface area contributed by atoms with E-state index >= 15 is 0 Å². The third-order valence-electron chi connectivity index (χ3n) is 1.47. The summed E-state index contributed by atoms with van der Waals surface area (Å²) in [6.07, 6.45) is 1.08. The number of aromatic amines is 1. The van der Waals surface area contributed by atoms with Crippen molar-refractivity contribution in [3.8, 4) is 17.7 Å². The number of nitrogens with one attached hydrogen (secondary N) is 2. The normalized spacial score (nSPS) is 8.87. The Bertz CT molecular complexity index is 481. The first-order chi connectivity index (χ1) is 7.11.